The molecule has 1 spiro atoms. The Morgan fingerprint density at radius 1 is 1.16 bits per heavy atom. The van der Waals surface area contributed by atoms with Gasteiger partial charge in [0, 0.05) is 37.4 Å². The summed E-state index contributed by atoms with van der Waals surface area (Å²) in [7, 11) is 0. The number of benzene rings is 1. The summed E-state index contributed by atoms with van der Waals surface area (Å²) in [6.07, 6.45) is 3.77. The molecule has 8 heteroatoms. The molecule has 2 aromatic rings. The number of nitrogens with zero attached hydrogens (tertiary/aromatic N) is 3. The molecule has 3 aliphatic rings. The summed E-state index contributed by atoms with van der Waals surface area (Å²) in [5.74, 6) is 0.247. The first-order chi connectivity index (χ1) is 15.0. The summed E-state index contributed by atoms with van der Waals surface area (Å²) in [6, 6.07) is 10.7. The second-order valence-corrected chi connectivity index (χ2v) is 8.73. The van der Waals surface area contributed by atoms with Crippen molar-refractivity contribution in [2.45, 2.75) is 44.1 Å². The fourth-order valence-electron chi connectivity index (χ4n) is 4.62. The smallest absolute Gasteiger partial charge is 0.260 e. The number of piperidine rings is 1. The van der Waals surface area contributed by atoms with Gasteiger partial charge in [0.2, 0.25) is 0 Å². The van der Waals surface area contributed by atoms with E-state index in [1.165, 1.54) is 0 Å². The molecular weight excluding hydrogens is 418 g/mol. The third-order valence-electron chi connectivity index (χ3n) is 6.46. The highest BCUT2D eigenvalue weighted by Gasteiger charge is 2.43. The van der Waals surface area contributed by atoms with E-state index < -0.39 is 5.79 Å². The zero-order valence-corrected chi connectivity index (χ0v) is 18.3. The van der Waals surface area contributed by atoms with Gasteiger partial charge in [0.1, 0.15) is 11.8 Å². The third-order valence-corrected chi connectivity index (χ3v) is 6.72. The molecule has 1 aromatic carbocycles. The minimum atomic E-state index is -0.455. The Morgan fingerprint density at radius 2 is 1.87 bits per heavy atom. The van der Waals surface area contributed by atoms with Crippen LogP contribution in [0.5, 0.6) is 0 Å². The summed E-state index contributed by atoms with van der Waals surface area (Å²) in [5, 5.41) is 7.00. The summed E-state index contributed by atoms with van der Waals surface area (Å²) >= 11 is 6.04. The van der Waals surface area contributed by atoms with E-state index in [-0.39, 0.29) is 18.0 Å². The normalized spacial score (nSPS) is 24.5. The van der Waals surface area contributed by atoms with Gasteiger partial charge in [0.05, 0.1) is 31.2 Å². The number of hydrazone groups is 1. The number of furan rings is 1. The van der Waals surface area contributed by atoms with Crippen LogP contribution in [0.2, 0.25) is 5.02 Å². The third kappa shape index (κ3) is 4.03. The monoisotopic (exact) mass is 443 g/mol. The van der Waals surface area contributed by atoms with Gasteiger partial charge < -0.3 is 13.9 Å². The zero-order chi connectivity index (χ0) is 21.4. The van der Waals surface area contributed by atoms with Gasteiger partial charge in [-0.3, -0.25) is 9.69 Å². The van der Waals surface area contributed by atoms with Crippen LogP contribution in [-0.2, 0) is 14.3 Å². The Balaban J connectivity index is 1.35. The Bertz CT molecular complexity index is 944. The molecule has 2 fully saturated rings. The molecule has 164 valence electrons. The molecule has 2 atom stereocenters. The maximum absolute atomic E-state index is 13.5. The number of likely N-dealkylation sites (tertiary alicyclic amines) is 1. The minimum absolute atomic E-state index is 0.0328. The van der Waals surface area contributed by atoms with Gasteiger partial charge in [-0.2, -0.15) is 5.10 Å². The molecule has 2 saturated heterocycles. The van der Waals surface area contributed by atoms with Gasteiger partial charge in [-0.25, -0.2) is 5.01 Å². The summed E-state index contributed by atoms with van der Waals surface area (Å²) in [4.78, 5) is 15.7. The maximum Gasteiger partial charge on any atom is 0.260 e. The second kappa shape index (κ2) is 8.39. The van der Waals surface area contributed by atoms with Gasteiger partial charge in [0.15, 0.2) is 5.79 Å². The molecule has 1 aromatic heterocycles. The van der Waals surface area contributed by atoms with E-state index in [1.54, 1.807) is 11.3 Å². The molecule has 0 radical (unpaired) electrons. The van der Waals surface area contributed by atoms with E-state index in [9.17, 15) is 4.79 Å². The molecule has 7 nitrogen and oxygen atoms in total. The van der Waals surface area contributed by atoms with Crippen molar-refractivity contribution in [1.82, 2.24) is 9.91 Å². The van der Waals surface area contributed by atoms with E-state index in [1.807, 2.05) is 43.3 Å². The fraction of sp³-hybridized carbons (Fsp3) is 0.478. The lowest BCUT2D eigenvalue weighted by molar-refractivity contribution is -0.189. The predicted octanol–water partition coefficient (Wildman–Crippen LogP) is 3.84. The lowest BCUT2D eigenvalue weighted by atomic mass is 10.0. The number of amides is 1. The molecular formula is C23H26ClN3O4. The Hall–Kier alpha value is -2.19. The number of ether oxygens (including phenoxy) is 2. The van der Waals surface area contributed by atoms with Crippen molar-refractivity contribution in [2.75, 3.05) is 26.3 Å². The topological polar surface area (TPSA) is 67.5 Å². The van der Waals surface area contributed by atoms with E-state index in [2.05, 4.69) is 4.90 Å². The average molecular weight is 444 g/mol. The number of carbonyl (C=O) groups is 1. The van der Waals surface area contributed by atoms with Crippen molar-refractivity contribution in [3.8, 4) is 0 Å². The fourth-order valence-corrected chi connectivity index (χ4v) is 4.74. The molecule has 4 heterocycles. The van der Waals surface area contributed by atoms with Gasteiger partial charge in [-0.05, 0) is 36.8 Å². The Labute approximate surface area is 186 Å². The van der Waals surface area contributed by atoms with Crippen molar-refractivity contribution in [2.24, 2.45) is 5.10 Å². The average Bonchev–Trinajstić information content (AvgIpc) is 3.55. The molecule has 3 aliphatic heterocycles. The highest BCUT2D eigenvalue weighted by molar-refractivity contribution is 6.30. The quantitative estimate of drug-likeness (QED) is 0.718. The predicted molar refractivity (Wildman–Crippen MR) is 116 cm³/mol. The summed E-state index contributed by atoms with van der Waals surface area (Å²) in [6.45, 7) is 4.75. The van der Waals surface area contributed by atoms with Crippen molar-refractivity contribution in [1.29, 1.82) is 0 Å². The first-order valence-electron chi connectivity index (χ1n) is 10.8. The van der Waals surface area contributed by atoms with Crippen LogP contribution in [-0.4, -0.2) is 59.7 Å². The van der Waals surface area contributed by atoms with Crippen molar-refractivity contribution in [3.63, 3.8) is 0 Å². The van der Waals surface area contributed by atoms with Crippen LogP contribution in [0.3, 0.4) is 0 Å². The summed E-state index contributed by atoms with van der Waals surface area (Å²) in [5.41, 5.74) is 1.81. The second-order valence-electron chi connectivity index (χ2n) is 8.29. The number of halogens is 1. The van der Waals surface area contributed by atoms with Gasteiger partial charge in [-0.1, -0.05) is 23.7 Å². The molecule has 0 bridgehead atoms. The van der Waals surface area contributed by atoms with Crippen molar-refractivity contribution < 1.29 is 18.7 Å². The molecule has 1 amide bonds. The zero-order valence-electron chi connectivity index (χ0n) is 17.5. The van der Waals surface area contributed by atoms with Crippen LogP contribution in [0.1, 0.15) is 43.6 Å². The largest absolute Gasteiger partial charge is 0.467 e. The lowest BCUT2D eigenvalue weighted by Gasteiger charge is -2.40. The number of rotatable bonds is 4. The number of hydrogen-bond donors (Lipinski definition) is 0. The minimum Gasteiger partial charge on any atom is -0.467 e. The van der Waals surface area contributed by atoms with Crippen LogP contribution in [0.15, 0.2) is 52.2 Å². The number of carbonyl (C=O) groups excluding carboxylic acids is 1. The van der Waals surface area contributed by atoms with Crippen LogP contribution in [0.25, 0.3) is 0 Å². The highest BCUT2D eigenvalue weighted by Crippen LogP contribution is 2.36. The SMILES string of the molecule is CC(C(=O)N1N=C(c2ccc(Cl)cc2)CC1c1ccco1)N1CCC2(CC1)OCCO2. The van der Waals surface area contributed by atoms with Gasteiger partial charge >= 0.3 is 0 Å². The summed E-state index contributed by atoms with van der Waals surface area (Å²) < 4.78 is 17.3. The van der Waals surface area contributed by atoms with E-state index in [0.29, 0.717) is 24.7 Å². The molecule has 31 heavy (non-hydrogen) atoms. The maximum atomic E-state index is 13.5. The lowest BCUT2D eigenvalue weighted by Crippen LogP contribution is -2.52. The first kappa shape index (κ1) is 20.7. The first-order valence-corrected chi connectivity index (χ1v) is 11.1. The molecule has 0 saturated carbocycles. The van der Waals surface area contributed by atoms with Crippen LogP contribution < -0.4 is 0 Å². The van der Waals surface area contributed by atoms with Gasteiger partial charge in [0.25, 0.3) is 5.91 Å². The van der Waals surface area contributed by atoms with Crippen LogP contribution in [0, 0.1) is 0 Å². The van der Waals surface area contributed by atoms with E-state index in [4.69, 9.17) is 30.6 Å². The van der Waals surface area contributed by atoms with E-state index in [0.717, 1.165) is 43.0 Å². The van der Waals surface area contributed by atoms with E-state index >= 15 is 0 Å². The van der Waals surface area contributed by atoms with Crippen LogP contribution >= 0.6 is 11.6 Å². The molecule has 5 rings (SSSR count). The molecule has 0 aliphatic carbocycles. The highest BCUT2D eigenvalue weighted by atomic mass is 35.5. The van der Waals surface area contributed by atoms with Gasteiger partial charge in [-0.15, -0.1) is 0 Å². The van der Waals surface area contributed by atoms with Crippen molar-refractivity contribution in [3.05, 3.63) is 59.0 Å². The van der Waals surface area contributed by atoms with Crippen LogP contribution in [0.4, 0.5) is 0 Å². The Morgan fingerprint density at radius 3 is 2.52 bits per heavy atom. The van der Waals surface area contributed by atoms with Crippen molar-refractivity contribution >= 4 is 23.2 Å². The standard InChI is InChI=1S/C23H26ClN3O4/c1-16(26-10-8-23(9-11-26)30-13-14-31-23)22(28)27-20(21-3-2-12-29-21)15-19(25-27)17-4-6-18(24)7-5-17/h2-7,12,16,20H,8-11,13-15H2,1H3. The molecule has 2 unspecified atom stereocenters. The molecule has 0 N–H and O–H groups in total. The number of hydrogen-bond acceptors (Lipinski definition) is 6. The Kier molecular flexibility index (Phi) is 5.60.